The lowest BCUT2D eigenvalue weighted by atomic mass is 9.97. The van der Waals surface area contributed by atoms with E-state index in [0.29, 0.717) is 10.9 Å². The van der Waals surface area contributed by atoms with Gasteiger partial charge in [0.25, 0.3) is 5.91 Å². The van der Waals surface area contributed by atoms with E-state index in [9.17, 15) is 4.79 Å². The van der Waals surface area contributed by atoms with Crippen LogP contribution in [0.5, 0.6) is 0 Å². The number of halogens is 1. The Morgan fingerprint density at radius 1 is 1.29 bits per heavy atom. The summed E-state index contributed by atoms with van der Waals surface area (Å²) in [6.07, 6.45) is 6.26. The third-order valence-corrected chi connectivity index (χ3v) is 6.23. The first-order valence-corrected chi connectivity index (χ1v) is 10.8. The topological polar surface area (TPSA) is 50.2 Å². The maximum atomic E-state index is 12.1. The van der Waals surface area contributed by atoms with Crippen molar-refractivity contribution in [1.82, 2.24) is 20.0 Å². The molecule has 1 N–H and O–H groups in total. The number of piperidine rings is 1. The Kier molecular flexibility index (Phi) is 6.10. The van der Waals surface area contributed by atoms with Crippen LogP contribution in [0.25, 0.3) is 5.69 Å². The van der Waals surface area contributed by atoms with Gasteiger partial charge < -0.3 is 5.32 Å². The van der Waals surface area contributed by atoms with E-state index in [2.05, 4.69) is 15.3 Å². The summed E-state index contributed by atoms with van der Waals surface area (Å²) in [6, 6.07) is 11.5. The van der Waals surface area contributed by atoms with E-state index in [1.807, 2.05) is 58.9 Å². The Hall–Kier alpha value is -2.15. The van der Waals surface area contributed by atoms with E-state index in [-0.39, 0.29) is 5.91 Å². The third-order valence-electron chi connectivity index (χ3n) is 5.04. The number of carbonyl (C=O) groups excluding carboxylic acids is 1. The molecule has 4 rings (SSSR count). The molecule has 0 saturated carbocycles. The fraction of sp³-hybridized carbons (Fsp3) is 0.333. The molecule has 1 aliphatic heterocycles. The number of benzene rings is 1. The van der Waals surface area contributed by atoms with Gasteiger partial charge in [-0.15, -0.1) is 11.3 Å². The summed E-state index contributed by atoms with van der Waals surface area (Å²) in [6.45, 7) is 3.65. The molecule has 1 aromatic carbocycles. The Balaban J connectivity index is 1.32. The summed E-state index contributed by atoms with van der Waals surface area (Å²) < 4.78 is 1.83. The van der Waals surface area contributed by atoms with Gasteiger partial charge in [0.1, 0.15) is 0 Å². The number of nitrogens with zero attached hydrogens (tertiary/aromatic N) is 3. The van der Waals surface area contributed by atoms with Crippen molar-refractivity contribution in [3.05, 3.63) is 69.6 Å². The van der Waals surface area contributed by atoms with Gasteiger partial charge in [-0.2, -0.15) is 5.10 Å². The highest BCUT2D eigenvalue weighted by molar-refractivity contribution is 7.12. The predicted molar refractivity (Wildman–Crippen MR) is 113 cm³/mol. The minimum Gasteiger partial charge on any atom is -0.351 e. The van der Waals surface area contributed by atoms with Crippen LogP contribution in [0.4, 0.5) is 0 Å². The highest BCUT2D eigenvalue weighted by Gasteiger charge is 2.21. The number of aromatic nitrogens is 2. The molecule has 146 valence electrons. The second-order valence-electron chi connectivity index (χ2n) is 7.18. The van der Waals surface area contributed by atoms with Crippen LogP contribution < -0.4 is 5.32 Å². The van der Waals surface area contributed by atoms with Gasteiger partial charge >= 0.3 is 0 Å². The van der Waals surface area contributed by atoms with Crippen molar-refractivity contribution < 1.29 is 4.79 Å². The maximum Gasteiger partial charge on any atom is 0.261 e. The van der Waals surface area contributed by atoms with Gasteiger partial charge in [0.2, 0.25) is 0 Å². The lowest BCUT2D eigenvalue weighted by molar-refractivity contribution is 0.0934. The molecule has 1 aliphatic rings. The maximum absolute atomic E-state index is 12.1. The zero-order valence-electron chi connectivity index (χ0n) is 15.6. The van der Waals surface area contributed by atoms with Crippen molar-refractivity contribution in [3.63, 3.8) is 0 Å². The van der Waals surface area contributed by atoms with Crippen LogP contribution in [-0.2, 0) is 6.54 Å². The molecule has 2 aromatic heterocycles. The first-order chi connectivity index (χ1) is 13.7. The van der Waals surface area contributed by atoms with Gasteiger partial charge in [-0.3, -0.25) is 9.69 Å². The Morgan fingerprint density at radius 2 is 2.18 bits per heavy atom. The molecule has 0 radical (unpaired) electrons. The number of rotatable bonds is 6. The van der Waals surface area contributed by atoms with Crippen molar-refractivity contribution in [2.75, 3.05) is 19.6 Å². The highest BCUT2D eigenvalue weighted by Crippen LogP contribution is 2.21. The van der Waals surface area contributed by atoms with Crippen LogP contribution >= 0.6 is 22.9 Å². The molecular weight excluding hydrogens is 392 g/mol. The van der Waals surface area contributed by atoms with Gasteiger partial charge in [0.05, 0.1) is 21.8 Å². The molecule has 1 fully saturated rings. The van der Waals surface area contributed by atoms with Crippen LogP contribution in [0.1, 0.15) is 28.1 Å². The van der Waals surface area contributed by atoms with Crippen LogP contribution in [0.3, 0.4) is 0 Å². The summed E-state index contributed by atoms with van der Waals surface area (Å²) in [5.41, 5.74) is 2.06. The van der Waals surface area contributed by atoms with Gasteiger partial charge in [0.15, 0.2) is 0 Å². The number of thiophene rings is 1. The van der Waals surface area contributed by atoms with Crippen LogP contribution in [0.15, 0.2) is 54.2 Å². The normalized spacial score (nSPS) is 17.5. The zero-order chi connectivity index (χ0) is 19.3. The summed E-state index contributed by atoms with van der Waals surface area (Å²) in [7, 11) is 0. The Labute approximate surface area is 173 Å². The predicted octanol–water partition coefficient (Wildman–Crippen LogP) is 4.23. The smallest absolute Gasteiger partial charge is 0.261 e. The second kappa shape index (κ2) is 8.90. The van der Waals surface area contributed by atoms with E-state index < -0.39 is 0 Å². The van der Waals surface area contributed by atoms with Crippen molar-refractivity contribution in [2.45, 2.75) is 19.4 Å². The zero-order valence-corrected chi connectivity index (χ0v) is 17.1. The van der Waals surface area contributed by atoms with Crippen molar-refractivity contribution in [2.24, 2.45) is 5.92 Å². The van der Waals surface area contributed by atoms with Gasteiger partial charge in [-0.1, -0.05) is 29.8 Å². The van der Waals surface area contributed by atoms with Crippen molar-refractivity contribution in [1.29, 1.82) is 0 Å². The minimum atomic E-state index is 0.0353. The Morgan fingerprint density at radius 3 is 3.00 bits per heavy atom. The second-order valence-corrected chi connectivity index (χ2v) is 8.53. The van der Waals surface area contributed by atoms with E-state index in [0.717, 1.165) is 49.6 Å². The van der Waals surface area contributed by atoms with Crippen LogP contribution in [0, 0.1) is 5.92 Å². The number of nitrogens with one attached hydrogen (secondary N) is 1. The molecule has 1 atom stereocenters. The van der Waals surface area contributed by atoms with Gasteiger partial charge in [0, 0.05) is 31.4 Å². The number of hydrogen-bond acceptors (Lipinski definition) is 4. The average Bonchev–Trinajstić information content (AvgIpc) is 3.39. The first-order valence-electron chi connectivity index (χ1n) is 9.51. The van der Waals surface area contributed by atoms with Crippen molar-refractivity contribution >= 4 is 28.8 Å². The van der Waals surface area contributed by atoms with Crippen LogP contribution in [0.2, 0.25) is 5.02 Å². The first kappa shape index (κ1) is 19.2. The molecule has 7 heteroatoms. The summed E-state index contributed by atoms with van der Waals surface area (Å²) in [4.78, 5) is 15.4. The number of para-hydroxylation sites is 1. The molecular formula is C21H23ClN4OS. The molecule has 3 heterocycles. The number of likely N-dealkylation sites (tertiary alicyclic amines) is 1. The number of amides is 1. The molecule has 1 amide bonds. The van der Waals surface area contributed by atoms with Crippen LogP contribution in [-0.4, -0.2) is 40.2 Å². The summed E-state index contributed by atoms with van der Waals surface area (Å²) in [5.74, 6) is 0.518. The summed E-state index contributed by atoms with van der Waals surface area (Å²) in [5, 5.41) is 10.2. The van der Waals surface area contributed by atoms with Crippen molar-refractivity contribution in [3.8, 4) is 5.69 Å². The fourth-order valence-electron chi connectivity index (χ4n) is 3.66. The number of carbonyl (C=O) groups is 1. The molecule has 1 saturated heterocycles. The molecule has 28 heavy (non-hydrogen) atoms. The van der Waals surface area contributed by atoms with Gasteiger partial charge in [-0.05, 0) is 48.9 Å². The van der Waals surface area contributed by atoms with E-state index in [1.54, 1.807) is 0 Å². The van der Waals surface area contributed by atoms with E-state index in [1.165, 1.54) is 16.9 Å². The SMILES string of the molecule is O=C(NC[C@H]1CCCN(Cc2cnn(-c3ccccc3Cl)c2)C1)c1cccs1. The molecule has 5 nitrogen and oxygen atoms in total. The largest absolute Gasteiger partial charge is 0.351 e. The molecule has 3 aromatic rings. The van der Waals surface area contributed by atoms with E-state index >= 15 is 0 Å². The highest BCUT2D eigenvalue weighted by atomic mass is 35.5. The lowest BCUT2D eigenvalue weighted by Crippen LogP contribution is -2.40. The minimum absolute atomic E-state index is 0.0353. The standard InChI is InChI=1S/C21H23ClN4OS/c22-18-6-1-2-7-19(18)26-15-17(12-24-26)14-25-9-3-5-16(13-25)11-23-21(27)20-8-4-10-28-20/h1-2,4,6-8,10,12,15-16H,3,5,9,11,13-14H2,(H,23,27)/t16-/m1/s1. The monoisotopic (exact) mass is 414 g/mol. The van der Waals surface area contributed by atoms with E-state index in [4.69, 9.17) is 11.6 Å². The molecule has 0 spiro atoms. The van der Waals surface area contributed by atoms with Gasteiger partial charge in [-0.25, -0.2) is 4.68 Å². The summed E-state index contributed by atoms with van der Waals surface area (Å²) >= 11 is 7.75. The molecule has 0 unspecified atom stereocenters. The lowest BCUT2D eigenvalue weighted by Gasteiger charge is -2.32. The Bertz CT molecular complexity index is 924. The average molecular weight is 415 g/mol. The fourth-order valence-corrected chi connectivity index (χ4v) is 4.53. The molecule has 0 aliphatic carbocycles. The third kappa shape index (κ3) is 4.63. The number of hydrogen-bond donors (Lipinski definition) is 1. The molecule has 0 bridgehead atoms. The quantitative estimate of drug-likeness (QED) is 0.656.